The second kappa shape index (κ2) is 4.55. The van der Waals surface area contributed by atoms with Gasteiger partial charge in [0.15, 0.2) is 0 Å². The Morgan fingerprint density at radius 3 is 2.50 bits per heavy atom. The minimum atomic E-state index is -0.985. The van der Waals surface area contributed by atoms with Gasteiger partial charge >= 0.3 is 5.97 Å². The fourth-order valence-electron chi connectivity index (χ4n) is 1.48. The van der Waals surface area contributed by atoms with Crippen LogP contribution in [0.15, 0.2) is 22.7 Å². The largest absolute Gasteiger partial charge is 0.480 e. The van der Waals surface area contributed by atoms with Crippen LogP contribution in [0.2, 0.25) is 0 Å². The number of carboxylic acid groups (broad SMARTS) is 1. The first-order valence-corrected chi connectivity index (χ1v) is 5.81. The molecular weight excluding hydrogens is 270 g/mol. The van der Waals surface area contributed by atoms with Gasteiger partial charge in [0.05, 0.1) is 0 Å². The summed E-state index contributed by atoms with van der Waals surface area (Å²) in [6.45, 7) is 5.66. The van der Waals surface area contributed by atoms with Crippen LogP contribution in [-0.4, -0.2) is 17.1 Å². The van der Waals surface area contributed by atoms with Crippen molar-refractivity contribution < 1.29 is 9.90 Å². The van der Waals surface area contributed by atoms with Crippen molar-refractivity contribution >= 4 is 21.9 Å². The van der Waals surface area contributed by atoms with E-state index in [2.05, 4.69) is 15.9 Å². The molecule has 0 bridgehead atoms. The molecule has 1 aromatic carbocycles. The summed E-state index contributed by atoms with van der Waals surface area (Å²) in [5.41, 5.74) is 7.14. The van der Waals surface area contributed by atoms with Crippen LogP contribution in [0.3, 0.4) is 0 Å². The molecule has 0 aromatic heterocycles. The number of aliphatic carboxylic acids is 1. The lowest BCUT2D eigenvalue weighted by Gasteiger charge is -2.29. The summed E-state index contributed by atoms with van der Waals surface area (Å²) in [5, 5.41) is 8.97. The molecular formula is C12H16BrNO2. The van der Waals surface area contributed by atoms with Crippen molar-refractivity contribution in [2.45, 2.75) is 32.2 Å². The molecule has 0 saturated carbocycles. The van der Waals surface area contributed by atoms with E-state index < -0.39 is 17.4 Å². The number of carboxylic acids is 1. The van der Waals surface area contributed by atoms with Gasteiger partial charge in [0, 0.05) is 9.89 Å². The molecule has 0 aliphatic heterocycles. The van der Waals surface area contributed by atoms with Gasteiger partial charge < -0.3 is 10.8 Å². The summed E-state index contributed by atoms with van der Waals surface area (Å²) < 4.78 is 0.968. The van der Waals surface area contributed by atoms with Gasteiger partial charge in [-0.25, -0.2) is 0 Å². The highest BCUT2D eigenvalue weighted by atomic mass is 79.9. The zero-order chi connectivity index (χ0) is 12.5. The van der Waals surface area contributed by atoms with Crippen LogP contribution in [0.1, 0.15) is 25.0 Å². The Balaban J connectivity index is 3.16. The fourth-order valence-corrected chi connectivity index (χ4v) is 1.86. The van der Waals surface area contributed by atoms with Gasteiger partial charge in [-0.3, -0.25) is 4.79 Å². The normalized spacial score (nSPS) is 13.6. The smallest absolute Gasteiger partial charge is 0.321 e. The van der Waals surface area contributed by atoms with Crippen molar-refractivity contribution in [2.24, 2.45) is 5.73 Å². The van der Waals surface area contributed by atoms with Gasteiger partial charge in [-0.2, -0.15) is 0 Å². The van der Waals surface area contributed by atoms with E-state index in [4.69, 9.17) is 10.8 Å². The minimum Gasteiger partial charge on any atom is -0.480 e. The topological polar surface area (TPSA) is 63.3 Å². The number of aryl methyl sites for hydroxylation is 1. The maximum atomic E-state index is 10.9. The molecule has 0 radical (unpaired) electrons. The molecule has 1 aromatic rings. The van der Waals surface area contributed by atoms with E-state index in [-0.39, 0.29) is 0 Å². The summed E-state index contributed by atoms with van der Waals surface area (Å²) in [4.78, 5) is 10.9. The number of carbonyl (C=O) groups is 1. The Kier molecular flexibility index (Phi) is 3.76. The standard InChI is InChI=1S/C12H16BrNO2/c1-7-4-5-8(6-9(7)13)12(2,3)10(14)11(15)16/h4-6,10H,14H2,1-3H3,(H,15,16). The van der Waals surface area contributed by atoms with Crippen LogP contribution in [0, 0.1) is 6.92 Å². The van der Waals surface area contributed by atoms with E-state index in [0.717, 1.165) is 15.6 Å². The lowest BCUT2D eigenvalue weighted by Crippen LogP contribution is -2.46. The molecule has 88 valence electrons. The Morgan fingerprint density at radius 2 is 2.06 bits per heavy atom. The number of halogens is 1. The zero-order valence-corrected chi connectivity index (χ0v) is 11.2. The van der Waals surface area contributed by atoms with Gasteiger partial charge in [0.2, 0.25) is 0 Å². The highest BCUT2D eigenvalue weighted by Crippen LogP contribution is 2.29. The molecule has 0 fully saturated rings. The van der Waals surface area contributed by atoms with Crippen LogP contribution in [-0.2, 0) is 10.2 Å². The van der Waals surface area contributed by atoms with Gasteiger partial charge in [-0.1, -0.05) is 41.9 Å². The number of hydrogen-bond donors (Lipinski definition) is 2. The molecule has 0 amide bonds. The molecule has 0 aliphatic carbocycles. The van der Waals surface area contributed by atoms with E-state index in [1.807, 2.05) is 39.0 Å². The van der Waals surface area contributed by atoms with E-state index in [1.165, 1.54) is 0 Å². The molecule has 1 atom stereocenters. The highest BCUT2D eigenvalue weighted by Gasteiger charge is 2.33. The first-order valence-electron chi connectivity index (χ1n) is 5.02. The SMILES string of the molecule is Cc1ccc(C(C)(C)C(N)C(=O)O)cc1Br. The summed E-state index contributed by atoms with van der Waals surface area (Å²) in [7, 11) is 0. The lowest BCUT2D eigenvalue weighted by molar-refractivity contribution is -0.140. The fraction of sp³-hybridized carbons (Fsp3) is 0.417. The molecule has 3 N–H and O–H groups in total. The first-order chi connectivity index (χ1) is 7.26. The average molecular weight is 286 g/mol. The third-order valence-corrected chi connectivity index (χ3v) is 3.81. The molecule has 1 unspecified atom stereocenters. The van der Waals surface area contributed by atoms with Crippen LogP contribution in [0.25, 0.3) is 0 Å². The molecule has 4 heteroatoms. The quantitative estimate of drug-likeness (QED) is 0.897. The summed E-state index contributed by atoms with van der Waals surface area (Å²) in [5.74, 6) is -0.985. The van der Waals surface area contributed by atoms with Crippen LogP contribution >= 0.6 is 15.9 Å². The maximum absolute atomic E-state index is 10.9. The third kappa shape index (κ3) is 2.44. The van der Waals surface area contributed by atoms with E-state index in [0.29, 0.717) is 0 Å². The minimum absolute atomic E-state index is 0.595. The number of benzene rings is 1. The van der Waals surface area contributed by atoms with E-state index in [9.17, 15) is 4.79 Å². The Labute approximate surface area is 104 Å². The summed E-state index contributed by atoms with van der Waals surface area (Å²) >= 11 is 3.44. The van der Waals surface area contributed by atoms with Gasteiger partial charge in [-0.05, 0) is 24.1 Å². The van der Waals surface area contributed by atoms with Crippen molar-refractivity contribution in [1.29, 1.82) is 0 Å². The van der Waals surface area contributed by atoms with Gasteiger partial charge in [0.1, 0.15) is 6.04 Å². The van der Waals surface area contributed by atoms with Crippen molar-refractivity contribution in [2.75, 3.05) is 0 Å². The Hall–Kier alpha value is -0.870. The molecule has 0 aliphatic rings. The monoisotopic (exact) mass is 285 g/mol. The molecule has 0 heterocycles. The second-order valence-electron chi connectivity index (χ2n) is 4.50. The predicted molar refractivity (Wildman–Crippen MR) is 67.5 cm³/mol. The number of nitrogens with two attached hydrogens (primary N) is 1. The van der Waals surface area contributed by atoms with Gasteiger partial charge in [-0.15, -0.1) is 0 Å². The van der Waals surface area contributed by atoms with Crippen molar-refractivity contribution in [3.8, 4) is 0 Å². The third-order valence-electron chi connectivity index (χ3n) is 2.96. The van der Waals surface area contributed by atoms with E-state index in [1.54, 1.807) is 0 Å². The molecule has 0 spiro atoms. The van der Waals surface area contributed by atoms with Crippen molar-refractivity contribution in [3.05, 3.63) is 33.8 Å². The summed E-state index contributed by atoms with van der Waals surface area (Å²) in [6, 6.07) is 4.89. The number of hydrogen-bond acceptors (Lipinski definition) is 2. The second-order valence-corrected chi connectivity index (χ2v) is 5.36. The Bertz CT molecular complexity index is 415. The Morgan fingerprint density at radius 1 is 1.50 bits per heavy atom. The van der Waals surface area contributed by atoms with Crippen LogP contribution in [0.4, 0.5) is 0 Å². The molecule has 16 heavy (non-hydrogen) atoms. The first kappa shape index (κ1) is 13.2. The molecule has 0 saturated heterocycles. The highest BCUT2D eigenvalue weighted by molar-refractivity contribution is 9.10. The summed E-state index contributed by atoms with van der Waals surface area (Å²) in [6.07, 6.45) is 0. The number of rotatable bonds is 3. The average Bonchev–Trinajstić information content (AvgIpc) is 2.20. The van der Waals surface area contributed by atoms with Crippen molar-refractivity contribution in [1.82, 2.24) is 0 Å². The molecule has 1 rings (SSSR count). The molecule has 3 nitrogen and oxygen atoms in total. The van der Waals surface area contributed by atoms with E-state index >= 15 is 0 Å². The maximum Gasteiger partial charge on any atom is 0.321 e. The van der Waals surface area contributed by atoms with Crippen molar-refractivity contribution in [3.63, 3.8) is 0 Å². The van der Waals surface area contributed by atoms with Crippen LogP contribution < -0.4 is 5.73 Å². The zero-order valence-electron chi connectivity index (χ0n) is 9.62. The van der Waals surface area contributed by atoms with Gasteiger partial charge in [0.25, 0.3) is 0 Å². The van der Waals surface area contributed by atoms with Crippen LogP contribution in [0.5, 0.6) is 0 Å². The predicted octanol–water partition coefficient (Wildman–Crippen LogP) is 2.45. The lowest BCUT2D eigenvalue weighted by atomic mass is 9.78.